The van der Waals surface area contributed by atoms with Gasteiger partial charge in [-0.3, -0.25) is 0 Å². The molecule has 0 amide bonds. The third kappa shape index (κ3) is 8.26. The molecule has 2 N–H and O–H groups in total. The maximum Gasteiger partial charge on any atom is 0.0796 e. The van der Waals surface area contributed by atoms with Crippen LogP contribution in [0.25, 0.3) is 0 Å². The molecule has 1 aliphatic carbocycles. The van der Waals surface area contributed by atoms with Crippen molar-refractivity contribution in [3.8, 4) is 0 Å². The fourth-order valence-corrected chi connectivity index (χ4v) is 6.01. The first-order chi connectivity index (χ1) is 11.5. The summed E-state index contributed by atoms with van der Waals surface area (Å²) in [5, 5.41) is 20.3. The van der Waals surface area contributed by atoms with Crippen LogP contribution in [0.2, 0.25) is 0 Å². The van der Waals surface area contributed by atoms with Crippen LogP contribution in [0.3, 0.4) is 0 Å². The van der Waals surface area contributed by atoms with Gasteiger partial charge in [0.15, 0.2) is 0 Å². The molecule has 0 aromatic carbocycles. The highest BCUT2D eigenvalue weighted by atomic mass is 35.5. The van der Waals surface area contributed by atoms with Crippen LogP contribution >= 0.6 is 46.7 Å². The van der Waals surface area contributed by atoms with Gasteiger partial charge in [-0.2, -0.15) is 23.5 Å². The van der Waals surface area contributed by atoms with Crippen LogP contribution in [0.5, 0.6) is 0 Å². The molecule has 6 heteroatoms. The van der Waals surface area contributed by atoms with E-state index in [1.807, 2.05) is 0 Å². The molecule has 2 nitrogen and oxygen atoms in total. The predicted molar refractivity (Wildman–Crippen MR) is 112 cm³/mol. The number of rotatable bonds is 12. The molecule has 6 unspecified atom stereocenters. The minimum absolute atomic E-state index is 0.201. The Morgan fingerprint density at radius 2 is 1.29 bits per heavy atom. The number of hydrogen-bond acceptors (Lipinski definition) is 4. The Bertz CT molecular complexity index is 295. The standard InChI is InChI=1S/C18H34Cl2O2S2/c1-3-8-23-11-15(21)17(19)13-6-5-7-14(10-13)18(20)16(22)12-24-9-4-2/h13-18,21-22H,3-12H2,1-2H3. The quantitative estimate of drug-likeness (QED) is 0.346. The number of thioether (sulfide) groups is 2. The lowest BCUT2D eigenvalue weighted by Gasteiger charge is -2.36. The van der Waals surface area contributed by atoms with Gasteiger partial charge in [0.2, 0.25) is 0 Å². The Kier molecular flexibility index (Phi) is 13.0. The van der Waals surface area contributed by atoms with E-state index < -0.39 is 12.2 Å². The summed E-state index contributed by atoms with van der Waals surface area (Å²) < 4.78 is 0. The van der Waals surface area contributed by atoms with Gasteiger partial charge in [0.25, 0.3) is 0 Å². The van der Waals surface area contributed by atoms with Gasteiger partial charge in [-0.1, -0.05) is 20.3 Å². The second kappa shape index (κ2) is 13.4. The molecule has 0 aromatic heterocycles. The average molecular weight is 418 g/mol. The van der Waals surface area contributed by atoms with E-state index in [1.165, 1.54) is 0 Å². The van der Waals surface area contributed by atoms with Crippen molar-refractivity contribution >= 4 is 46.7 Å². The molecule has 0 spiro atoms. The normalized spacial score (nSPS) is 26.8. The third-order valence-electron chi connectivity index (χ3n) is 4.67. The van der Waals surface area contributed by atoms with E-state index in [0.717, 1.165) is 50.0 Å². The van der Waals surface area contributed by atoms with Crippen LogP contribution in [0, 0.1) is 11.8 Å². The molecule has 24 heavy (non-hydrogen) atoms. The van der Waals surface area contributed by atoms with Crippen molar-refractivity contribution in [3.63, 3.8) is 0 Å². The van der Waals surface area contributed by atoms with E-state index in [0.29, 0.717) is 23.3 Å². The van der Waals surface area contributed by atoms with Gasteiger partial charge in [0, 0.05) is 11.5 Å². The second-order valence-corrected chi connectivity index (χ2v) is 10.2. The summed E-state index contributed by atoms with van der Waals surface area (Å²) in [6.07, 6.45) is 5.47. The van der Waals surface area contributed by atoms with Gasteiger partial charge in [0.1, 0.15) is 0 Å². The first kappa shape index (κ1) is 23.2. The Morgan fingerprint density at radius 1 is 0.875 bits per heavy atom. The molecule has 1 rings (SSSR count). The Labute approximate surface area is 166 Å². The molecule has 0 bridgehead atoms. The zero-order valence-electron chi connectivity index (χ0n) is 15.0. The number of alkyl halides is 2. The highest BCUT2D eigenvalue weighted by Crippen LogP contribution is 2.39. The van der Waals surface area contributed by atoms with Crippen LogP contribution in [0.1, 0.15) is 52.4 Å². The lowest BCUT2D eigenvalue weighted by molar-refractivity contribution is 0.117. The van der Waals surface area contributed by atoms with Gasteiger partial charge in [-0.15, -0.1) is 23.2 Å². The van der Waals surface area contributed by atoms with Crippen LogP contribution in [-0.4, -0.2) is 56.2 Å². The fourth-order valence-electron chi connectivity index (χ4n) is 3.35. The van der Waals surface area contributed by atoms with E-state index in [2.05, 4.69) is 13.8 Å². The molecule has 144 valence electrons. The first-order valence-corrected chi connectivity index (χ1v) is 12.5. The van der Waals surface area contributed by atoms with Crippen molar-refractivity contribution in [1.29, 1.82) is 0 Å². The van der Waals surface area contributed by atoms with E-state index in [4.69, 9.17) is 23.2 Å². The lowest BCUT2D eigenvalue weighted by atomic mass is 9.76. The van der Waals surface area contributed by atoms with Crippen LogP contribution < -0.4 is 0 Å². The Balaban J connectivity index is 2.44. The summed E-state index contributed by atoms with van der Waals surface area (Å²) in [6.45, 7) is 4.29. The highest BCUT2D eigenvalue weighted by Gasteiger charge is 2.36. The van der Waals surface area contributed by atoms with Crippen molar-refractivity contribution < 1.29 is 10.2 Å². The summed E-state index contributed by atoms with van der Waals surface area (Å²) in [5.41, 5.74) is 0. The van der Waals surface area contributed by atoms with Crippen LogP contribution in [0.15, 0.2) is 0 Å². The SMILES string of the molecule is CCCSCC(O)C(Cl)C1CCCC(C(Cl)C(O)CSCCC)C1. The van der Waals surface area contributed by atoms with Crippen LogP contribution in [-0.2, 0) is 0 Å². The van der Waals surface area contributed by atoms with Gasteiger partial charge in [-0.05, 0) is 55.4 Å². The minimum atomic E-state index is -0.453. The van der Waals surface area contributed by atoms with E-state index >= 15 is 0 Å². The molecule has 0 aromatic rings. The predicted octanol–water partition coefficient (Wildman–Crippen LogP) is 5.02. The van der Waals surface area contributed by atoms with E-state index in [1.54, 1.807) is 23.5 Å². The van der Waals surface area contributed by atoms with E-state index in [-0.39, 0.29) is 10.8 Å². The van der Waals surface area contributed by atoms with Crippen molar-refractivity contribution in [2.24, 2.45) is 11.8 Å². The molecule has 0 radical (unpaired) electrons. The van der Waals surface area contributed by atoms with E-state index in [9.17, 15) is 10.2 Å². The molecule has 6 atom stereocenters. The maximum absolute atomic E-state index is 10.3. The smallest absolute Gasteiger partial charge is 0.0796 e. The highest BCUT2D eigenvalue weighted by molar-refractivity contribution is 7.99. The molecule has 1 saturated carbocycles. The largest absolute Gasteiger partial charge is 0.391 e. The number of aliphatic hydroxyl groups is 2. The molecule has 1 aliphatic rings. The van der Waals surface area contributed by atoms with Crippen LogP contribution in [0.4, 0.5) is 0 Å². The minimum Gasteiger partial charge on any atom is -0.391 e. The lowest BCUT2D eigenvalue weighted by Crippen LogP contribution is -2.38. The third-order valence-corrected chi connectivity index (χ3v) is 8.51. The fraction of sp³-hybridized carbons (Fsp3) is 1.00. The van der Waals surface area contributed by atoms with Gasteiger partial charge in [0.05, 0.1) is 23.0 Å². The maximum atomic E-state index is 10.3. The van der Waals surface area contributed by atoms with Crippen molar-refractivity contribution in [2.75, 3.05) is 23.0 Å². The molecular weight excluding hydrogens is 383 g/mol. The van der Waals surface area contributed by atoms with Crippen molar-refractivity contribution in [3.05, 3.63) is 0 Å². The summed E-state index contributed by atoms with van der Waals surface area (Å²) in [6, 6.07) is 0. The Hall–Kier alpha value is 1.20. The van der Waals surface area contributed by atoms with Crippen molar-refractivity contribution in [2.45, 2.75) is 75.3 Å². The van der Waals surface area contributed by atoms with Crippen molar-refractivity contribution in [1.82, 2.24) is 0 Å². The number of hydrogen-bond donors (Lipinski definition) is 2. The van der Waals surface area contributed by atoms with Gasteiger partial charge < -0.3 is 10.2 Å². The van der Waals surface area contributed by atoms with Gasteiger partial charge in [-0.25, -0.2) is 0 Å². The first-order valence-electron chi connectivity index (χ1n) is 9.30. The molecule has 1 fully saturated rings. The molecule has 0 heterocycles. The number of halogens is 2. The molecule has 0 saturated heterocycles. The molecule has 0 aliphatic heterocycles. The number of aliphatic hydroxyl groups excluding tert-OH is 2. The average Bonchev–Trinajstić information content (AvgIpc) is 2.60. The summed E-state index contributed by atoms with van der Waals surface area (Å²) in [4.78, 5) is 0. The summed E-state index contributed by atoms with van der Waals surface area (Å²) in [7, 11) is 0. The summed E-state index contributed by atoms with van der Waals surface area (Å²) in [5.74, 6) is 4.17. The monoisotopic (exact) mass is 416 g/mol. The topological polar surface area (TPSA) is 40.5 Å². The Morgan fingerprint density at radius 3 is 1.67 bits per heavy atom. The second-order valence-electron chi connectivity index (χ2n) is 6.86. The zero-order valence-corrected chi connectivity index (χ0v) is 18.1. The molecular formula is C18H34Cl2O2S2. The van der Waals surface area contributed by atoms with Gasteiger partial charge >= 0.3 is 0 Å². The zero-order chi connectivity index (χ0) is 17.9. The summed E-state index contributed by atoms with van der Waals surface area (Å²) >= 11 is 16.7.